The van der Waals surface area contributed by atoms with E-state index in [1.807, 2.05) is 0 Å². The summed E-state index contributed by atoms with van der Waals surface area (Å²) in [5.41, 5.74) is 1.34. The standard InChI is InChI=1S/C22H38N4O.HI/c1-2-23-22(25-15-18-26-16-8-4-9-17-26)24-14-7-10-19-27-20-13-21-11-5-3-6-12-21;/h3,5-6,11-12H,2,4,7-10,13-20H2,1H3,(H2,23,24,25);1H. The number of rotatable bonds is 12. The third kappa shape index (κ3) is 11.9. The summed E-state index contributed by atoms with van der Waals surface area (Å²) in [4.78, 5) is 7.23. The maximum atomic E-state index is 5.74. The lowest BCUT2D eigenvalue weighted by Crippen LogP contribution is -2.42. The molecular formula is C22H39IN4O. The van der Waals surface area contributed by atoms with E-state index in [-0.39, 0.29) is 24.0 Å². The number of unbranched alkanes of at least 4 members (excludes halogenated alkanes) is 1. The fraction of sp³-hybridized carbons (Fsp3) is 0.682. The lowest BCUT2D eigenvalue weighted by atomic mass is 10.1. The molecule has 0 unspecified atom stereocenters. The summed E-state index contributed by atoms with van der Waals surface area (Å²) >= 11 is 0. The molecule has 1 aromatic rings. The number of guanidine groups is 1. The molecule has 0 saturated carbocycles. The average Bonchev–Trinajstić information content (AvgIpc) is 2.71. The molecule has 1 aliphatic rings. The largest absolute Gasteiger partial charge is 0.381 e. The maximum absolute atomic E-state index is 5.74. The number of ether oxygens (including phenoxy) is 1. The van der Waals surface area contributed by atoms with Gasteiger partial charge in [0.2, 0.25) is 0 Å². The third-order valence-corrected chi connectivity index (χ3v) is 4.86. The first-order chi connectivity index (χ1) is 13.4. The Morgan fingerprint density at radius 1 is 1.04 bits per heavy atom. The number of benzene rings is 1. The number of hydrogen-bond acceptors (Lipinski definition) is 3. The molecule has 0 bridgehead atoms. The molecule has 6 heteroatoms. The van der Waals surface area contributed by atoms with Gasteiger partial charge in [-0.3, -0.25) is 4.99 Å². The summed E-state index contributed by atoms with van der Waals surface area (Å²) in [6, 6.07) is 10.5. The Bertz CT molecular complexity index is 507. The van der Waals surface area contributed by atoms with E-state index in [1.54, 1.807) is 0 Å². The van der Waals surface area contributed by atoms with Gasteiger partial charge in [-0.15, -0.1) is 24.0 Å². The molecule has 0 aromatic heterocycles. The second kappa shape index (κ2) is 17.0. The molecule has 1 aromatic carbocycles. The number of likely N-dealkylation sites (tertiary alicyclic amines) is 1. The lowest BCUT2D eigenvalue weighted by Gasteiger charge is -2.26. The van der Waals surface area contributed by atoms with E-state index in [1.165, 1.54) is 37.9 Å². The third-order valence-electron chi connectivity index (χ3n) is 4.86. The lowest BCUT2D eigenvalue weighted by molar-refractivity contribution is 0.134. The van der Waals surface area contributed by atoms with Crippen molar-refractivity contribution in [2.45, 2.75) is 45.4 Å². The summed E-state index contributed by atoms with van der Waals surface area (Å²) in [6.07, 6.45) is 7.21. The first-order valence-corrected chi connectivity index (χ1v) is 10.7. The van der Waals surface area contributed by atoms with Gasteiger partial charge in [0.15, 0.2) is 5.96 Å². The zero-order valence-electron chi connectivity index (χ0n) is 17.5. The molecule has 0 atom stereocenters. The van der Waals surface area contributed by atoms with Crippen LogP contribution < -0.4 is 10.6 Å². The van der Waals surface area contributed by atoms with Crippen LogP contribution in [-0.4, -0.2) is 63.3 Å². The van der Waals surface area contributed by atoms with Crippen LogP contribution >= 0.6 is 24.0 Å². The van der Waals surface area contributed by atoms with Gasteiger partial charge in [0.25, 0.3) is 0 Å². The van der Waals surface area contributed by atoms with Crippen LogP contribution in [0.3, 0.4) is 0 Å². The summed E-state index contributed by atoms with van der Waals surface area (Å²) < 4.78 is 5.74. The molecule has 2 rings (SSSR count). The van der Waals surface area contributed by atoms with E-state index in [0.29, 0.717) is 0 Å². The Labute approximate surface area is 188 Å². The fourth-order valence-electron chi connectivity index (χ4n) is 3.30. The molecule has 2 N–H and O–H groups in total. The van der Waals surface area contributed by atoms with Crippen LogP contribution in [0.25, 0.3) is 0 Å². The highest BCUT2D eigenvalue weighted by Gasteiger charge is 2.09. The summed E-state index contributed by atoms with van der Waals surface area (Å²) in [6.45, 7) is 10.1. The number of halogens is 1. The Kier molecular flexibility index (Phi) is 15.3. The molecule has 1 aliphatic heterocycles. The molecule has 0 amide bonds. The Balaban J connectivity index is 0.00000392. The van der Waals surface area contributed by atoms with Crippen molar-refractivity contribution >= 4 is 29.9 Å². The van der Waals surface area contributed by atoms with Crippen LogP contribution in [0.5, 0.6) is 0 Å². The molecule has 160 valence electrons. The topological polar surface area (TPSA) is 48.9 Å². The molecule has 28 heavy (non-hydrogen) atoms. The molecule has 1 fully saturated rings. The van der Waals surface area contributed by atoms with Crippen LogP contribution in [0, 0.1) is 0 Å². The molecular weight excluding hydrogens is 463 g/mol. The van der Waals surface area contributed by atoms with Crippen molar-refractivity contribution in [3.8, 4) is 0 Å². The minimum atomic E-state index is 0. The van der Waals surface area contributed by atoms with Crippen LogP contribution in [0.15, 0.2) is 35.3 Å². The second-order valence-electron chi connectivity index (χ2n) is 7.14. The second-order valence-corrected chi connectivity index (χ2v) is 7.14. The van der Waals surface area contributed by atoms with Crippen LogP contribution in [0.2, 0.25) is 0 Å². The van der Waals surface area contributed by atoms with Gasteiger partial charge in [-0.25, -0.2) is 0 Å². The minimum Gasteiger partial charge on any atom is -0.381 e. The van der Waals surface area contributed by atoms with Gasteiger partial charge in [0, 0.05) is 32.8 Å². The van der Waals surface area contributed by atoms with Crippen LogP contribution in [0.4, 0.5) is 0 Å². The van der Waals surface area contributed by atoms with Crippen LogP contribution in [-0.2, 0) is 11.2 Å². The number of nitrogens with zero attached hydrogens (tertiary/aromatic N) is 2. The first-order valence-electron chi connectivity index (χ1n) is 10.7. The van der Waals surface area contributed by atoms with E-state index in [9.17, 15) is 0 Å². The summed E-state index contributed by atoms with van der Waals surface area (Å²) in [5, 5.41) is 6.80. The van der Waals surface area contributed by atoms with Crippen molar-refractivity contribution in [2.24, 2.45) is 4.99 Å². The van der Waals surface area contributed by atoms with E-state index < -0.39 is 0 Å². The maximum Gasteiger partial charge on any atom is 0.191 e. The van der Waals surface area contributed by atoms with E-state index >= 15 is 0 Å². The highest BCUT2D eigenvalue weighted by molar-refractivity contribution is 14.0. The van der Waals surface area contributed by atoms with Crippen molar-refractivity contribution < 1.29 is 4.74 Å². The van der Waals surface area contributed by atoms with Crippen molar-refractivity contribution in [3.05, 3.63) is 35.9 Å². The smallest absolute Gasteiger partial charge is 0.191 e. The number of hydrogen-bond donors (Lipinski definition) is 2. The molecule has 1 saturated heterocycles. The Hall–Kier alpha value is -0.860. The van der Waals surface area contributed by atoms with E-state index in [4.69, 9.17) is 4.74 Å². The van der Waals surface area contributed by atoms with Crippen LogP contribution in [0.1, 0.15) is 44.6 Å². The zero-order chi connectivity index (χ0) is 19.0. The predicted molar refractivity (Wildman–Crippen MR) is 130 cm³/mol. The van der Waals surface area contributed by atoms with Gasteiger partial charge in [-0.2, -0.15) is 0 Å². The molecule has 1 heterocycles. The van der Waals surface area contributed by atoms with E-state index in [2.05, 4.69) is 57.8 Å². The SMILES string of the molecule is CCNC(=NCCCCOCCc1ccccc1)NCCN1CCCCC1.I. The van der Waals surface area contributed by atoms with Crippen molar-refractivity contribution in [3.63, 3.8) is 0 Å². The predicted octanol–water partition coefficient (Wildman–Crippen LogP) is 3.68. The van der Waals surface area contributed by atoms with Gasteiger partial charge in [-0.05, 0) is 57.7 Å². The minimum absolute atomic E-state index is 0. The molecule has 0 aliphatic carbocycles. The number of piperidine rings is 1. The highest BCUT2D eigenvalue weighted by atomic mass is 127. The van der Waals surface area contributed by atoms with Gasteiger partial charge >= 0.3 is 0 Å². The monoisotopic (exact) mass is 502 g/mol. The van der Waals surface area contributed by atoms with Crippen molar-refractivity contribution in [1.29, 1.82) is 0 Å². The fourth-order valence-corrected chi connectivity index (χ4v) is 3.30. The van der Waals surface area contributed by atoms with Gasteiger partial charge in [0.1, 0.15) is 0 Å². The molecule has 0 spiro atoms. The summed E-state index contributed by atoms with van der Waals surface area (Å²) in [7, 11) is 0. The first kappa shape index (κ1) is 25.2. The Morgan fingerprint density at radius 3 is 2.57 bits per heavy atom. The van der Waals surface area contributed by atoms with Gasteiger partial charge < -0.3 is 20.3 Å². The van der Waals surface area contributed by atoms with Gasteiger partial charge in [0.05, 0.1) is 6.61 Å². The normalized spacial score (nSPS) is 15.1. The summed E-state index contributed by atoms with van der Waals surface area (Å²) in [5.74, 6) is 0.944. The molecule has 5 nitrogen and oxygen atoms in total. The zero-order valence-corrected chi connectivity index (χ0v) is 19.8. The average molecular weight is 502 g/mol. The number of nitrogens with one attached hydrogen (secondary N) is 2. The van der Waals surface area contributed by atoms with E-state index in [0.717, 1.165) is 64.6 Å². The quantitative estimate of drug-likeness (QED) is 0.198. The Morgan fingerprint density at radius 2 is 1.82 bits per heavy atom. The van der Waals surface area contributed by atoms with Gasteiger partial charge in [-0.1, -0.05) is 36.8 Å². The van der Waals surface area contributed by atoms with Crippen molar-refractivity contribution in [2.75, 3.05) is 52.5 Å². The number of aliphatic imine (C=N–C) groups is 1. The molecule has 0 radical (unpaired) electrons. The van der Waals surface area contributed by atoms with Crippen molar-refractivity contribution in [1.82, 2.24) is 15.5 Å². The highest BCUT2D eigenvalue weighted by Crippen LogP contribution is 2.07.